The first-order chi connectivity index (χ1) is 10.4. The number of nitrogens with zero attached hydrogens (tertiary/aromatic N) is 2. The summed E-state index contributed by atoms with van der Waals surface area (Å²) in [5.41, 5.74) is 1.68. The maximum Gasteiger partial charge on any atom is 0.357 e. The normalized spacial score (nSPS) is 18.9. The number of benzene rings is 1. The molecule has 2 heterocycles. The molecule has 3 rings (SSSR count). The Hall–Kier alpha value is -1.77. The fourth-order valence-electron chi connectivity index (χ4n) is 2.69. The van der Waals surface area contributed by atoms with Gasteiger partial charge in [-0.2, -0.15) is 8.68 Å². The Morgan fingerprint density at radius 3 is 2.86 bits per heavy atom. The van der Waals surface area contributed by atoms with Crippen LogP contribution in [0.3, 0.4) is 0 Å². The molecule has 0 saturated heterocycles. The van der Waals surface area contributed by atoms with E-state index in [0.717, 1.165) is 22.7 Å². The largest absolute Gasteiger partial charge is 0.476 e. The topological polar surface area (TPSA) is 87.6 Å². The Kier molecular flexibility index (Phi) is 3.75. The zero-order valence-electron chi connectivity index (χ0n) is 11.8. The quantitative estimate of drug-likeness (QED) is 0.926. The van der Waals surface area contributed by atoms with Crippen molar-refractivity contribution in [3.63, 3.8) is 0 Å². The van der Waals surface area contributed by atoms with Crippen molar-refractivity contribution < 1.29 is 18.3 Å². The predicted molar refractivity (Wildman–Crippen MR) is 81.5 cm³/mol. The van der Waals surface area contributed by atoms with Crippen LogP contribution in [-0.2, 0) is 16.6 Å². The van der Waals surface area contributed by atoms with Gasteiger partial charge in [0.15, 0.2) is 5.69 Å². The number of rotatable bonds is 3. The third kappa shape index (κ3) is 2.43. The van der Waals surface area contributed by atoms with Crippen LogP contribution in [0.2, 0.25) is 0 Å². The van der Waals surface area contributed by atoms with Crippen LogP contribution in [0, 0.1) is 0 Å². The van der Waals surface area contributed by atoms with E-state index in [2.05, 4.69) is 4.37 Å². The van der Waals surface area contributed by atoms with E-state index in [1.807, 2.05) is 31.2 Å². The van der Waals surface area contributed by atoms with Crippen LogP contribution in [0.1, 0.15) is 34.5 Å². The van der Waals surface area contributed by atoms with Gasteiger partial charge >= 0.3 is 5.97 Å². The lowest BCUT2D eigenvalue weighted by Crippen LogP contribution is -2.37. The maximum atomic E-state index is 12.8. The summed E-state index contributed by atoms with van der Waals surface area (Å²) in [6.07, 6.45) is 0. The van der Waals surface area contributed by atoms with Gasteiger partial charge in [-0.3, -0.25) is 0 Å². The molecule has 1 aromatic carbocycles. The van der Waals surface area contributed by atoms with Crippen LogP contribution < -0.4 is 0 Å². The summed E-state index contributed by atoms with van der Waals surface area (Å²) >= 11 is 0.835. The number of carboxylic acid groups (broad SMARTS) is 1. The van der Waals surface area contributed by atoms with Gasteiger partial charge in [0.05, 0.1) is 0 Å². The summed E-state index contributed by atoms with van der Waals surface area (Å²) in [5, 5.41) is 10.4. The maximum absolute atomic E-state index is 12.8. The van der Waals surface area contributed by atoms with Gasteiger partial charge in [-0.25, -0.2) is 13.2 Å². The molecule has 2 aromatic rings. The molecule has 0 aliphatic carbocycles. The van der Waals surface area contributed by atoms with Crippen molar-refractivity contribution in [1.82, 2.24) is 8.68 Å². The number of hydrogen-bond donors (Lipinski definition) is 1. The molecule has 0 bridgehead atoms. The minimum Gasteiger partial charge on any atom is -0.476 e. The Labute approximate surface area is 132 Å². The van der Waals surface area contributed by atoms with E-state index in [9.17, 15) is 13.2 Å². The van der Waals surface area contributed by atoms with Crippen molar-refractivity contribution in [1.29, 1.82) is 0 Å². The molecule has 1 aromatic heterocycles. The lowest BCUT2D eigenvalue weighted by molar-refractivity contribution is 0.0687. The highest BCUT2D eigenvalue weighted by Crippen LogP contribution is 2.32. The van der Waals surface area contributed by atoms with Gasteiger partial charge in [-0.1, -0.05) is 31.2 Å². The lowest BCUT2D eigenvalue weighted by Gasteiger charge is -2.32. The molecule has 0 radical (unpaired) electrons. The van der Waals surface area contributed by atoms with Gasteiger partial charge in [0.2, 0.25) is 10.0 Å². The monoisotopic (exact) mass is 338 g/mol. The molecule has 8 heteroatoms. The van der Waals surface area contributed by atoms with Gasteiger partial charge in [0.25, 0.3) is 0 Å². The first-order valence-electron chi connectivity index (χ1n) is 6.67. The molecular formula is C14H14N2O4S2. The summed E-state index contributed by atoms with van der Waals surface area (Å²) in [7, 11) is -3.87. The molecule has 22 heavy (non-hydrogen) atoms. The van der Waals surface area contributed by atoms with Gasteiger partial charge in [0, 0.05) is 18.5 Å². The van der Waals surface area contributed by atoms with Crippen LogP contribution in [0.4, 0.5) is 0 Å². The predicted octanol–water partition coefficient (Wildman–Crippen LogP) is 2.15. The molecule has 1 aliphatic heterocycles. The molecule has 6 nitrogen and oxygen atoms in total. The van der Waals surface area contributed by atoms with Crippen LogP contribution in [0.5, 0.6) is 0 Å². The van der Waals surface area contributed by atoms with E-state index in [1.165, 1.54) is 9.69 Å². The molecule has 0 saturated carbocycles. The minimum atomic E-state index is -3.87. The van der Waals surface area contributed by atoms with Crippen molar-refractivity contribution in [2.75, 3.05) is 6.54 Å². The van der Waals surface area contributed by atoms with Crippen molar-refractivity contribution in [2.24, 2.45) is 0 Å². The van der Waals surface area contributed by atoms with E-state index in [-0.39, 0.29) is 17.4 Å². The highest BCUT2D eigenvalue weighted by Gasteiger charge is 2.35. The molecule has 0 fully saturated rings. The number of carboxylic acids is 1. The number of carbonyl (C=O) groups is 1. The first kappa shape index (κ1) is 15.1. The average molecular weight is 338 g/mol. The zero-order chi connectivity index (χ0) is 15.9. The van der Waals surface area contributed by atoms with Crippen LogP contribution >= 0.6 is 11.5 Å². The second-order valence-corrected chi connectivity index (χ2v) is 7.77. The Balaban J connectivity index is 2.01. The Morgan fingerprint density at radius 2 is 2.14 bits per heavy atom. The fourth-order valence-corrected chi connectivity index (χ4v) is 5.29. The third-order valence-corrected chi connectivity index (χ3v) is 6.37. The second-order valence-electron chi connectivity index (χ2n) is 5.23. The Bertz CT molecular complexity index is 829. The summed E-state index contributed by atoms with van der Waals surface area (Å²) in [6.45, 7) is 2.54. The van der Waals surface area contributed by atoms with Crippen molar-refractivity contribution in [2.45, 2.75) is 24.3 Å². The van der Waals surface area contributed by atoms with Crippen LogP contribution in [0.15, 0.2) is 34.5 Å². The van der Waals surface area contributed by atoms with E-state index in [4.69, 9.17) is 5.11 Å². The highest BCUT2D eigenvalue weighted by atomic mass is 32.2. The lowest BCUT2D eigenvalue weighted by atomic mass is 9.92. The molecule has 116 valence electrons. The summed E-state index contributed by atoms with van der Waals surface area (Å²) in [4.78, 5) is 10.9. The number of hydrogen-bond acceptors (Lipinski definition) is 5. The molecular weight excluding hydrogens is 324 g/mol. The van der Waals surface area contributed by atoms with E-state index in [0.29, 0.717) is 6.54 Å². The number of fused-ring (bicyclic) bond motifs is 1. The third-order valence-electron chi connectivity index (χ3n) is 3.77. The van der Waals surface area contributed by atoms with Crippen LogP contribution in [0.25, 0.3) is 0 Å². The Morgan fingerprint density at radius 1 is 1.41 bits per heavy atom. The second kappa shape index (κ2) is 5.45. The van der Waals surface area contributed by atoms with Crippen molar-refractivity contribution >= 4 is 27.5 Å². The van der Waals surface area contributed by atoms with Gasteiger partial charge in [-0.05, 0) is 28.6 Å². The molecule has 1 aliphatic rings. The van der Waals surface area contributed by atoms with Gasteiger partial charge in [0.1, 0.15) is 4.90 Å². The van der Waals surface area contributed by atoms with Crippen molar-refractivity contribution in [3.05, 3.63) is 46.5 Å². The molecule has 0 amide bonds. The summed E-state index contributed by atoms with van der Waals surface area (Å²) in [5.74, 6) is -1.27. The van der Waals surface area contributed by atoms with E-state index >= 15 is 0 Å². The highest BCUT2D eigenvalue weighted by molar-refractivity contribution is 7.89. The summed E-state index contributed by atoms with van der Waals surface area (Å²) < 4.78 is 30.5. The number of sulfonamides is 1. The fraction of sp³-hybridized carbons (Fsp3) is 0.286. The minimum absolute atomic E-state index is 0.0552. The van der Waals surface area contributed by atoms with Gasteiger partial charge in [-0.15, -0.1) is 0 Å². The standard InChI is InChI=1S/C14H14N2O4S2/c1-9-6-16(7-10-4-2-3-5-11(9)10)22(19,20)12-8-21-15-13(12)14(17)18/h2-5,8-9H,6-7H2,1H3,(H,17,18). The van der Waals surface area contributed by atoms with Gasteiger partial charge < -0.3 is 5.11 Å². The van der Waals surface area contributed by atoms with Crippen LogP contribution in [-0.4, -0.2) is 34.7 Å². The number of aromatic nitrogens is 1. The van der Waals surface area contributed by atoms with Crippen molar-refractivity contribution in [3.8, 4) is 0 Å². The molecule has 0 spiro atoms. The van der Waals surface area contributed by atoms with E-state index in [1.54, 1.807) is 0 Å². The summed E-state index contributed by atoms with van der Waals surface area (Å²) in [6, 6.07) is 7.71. The molecule has 1 N–H and O–H groups in total. The first-order valence-corrected chi connectivity index (χ1v) is 8.94. The smallest absolute Gasteiger partial charge is 0.357 e. The zero-order valence-corrected chi connectivity index (χ0v) is 13.4. The van der Waals surface area contributed by atoms with E-state index < -0.39 is 21.7 Å². The number of aromatic carboxylic acids is 1. The molecule has 1 unspecified atom stereocenters. The average Bonchev–Trinajstić information content (AvgIpc) is 2.97. The molecule has 1 atom stereocenters. The SMILES string of the molecule is CC1CN(S(=O)(=O)c2csnc2C(=O)O)Cc2ccccc21.